The average Bonchev–Trinajstić information content (AvgIpc) is 2.75. The molecule has 0 aliphatic carbocycles. The van der Waals surface area contributed by atoms with Crippen LogP contribution in [0.3, 0.4) is 0 Å². The van der Waals surface area contributed by atoms with Crippen molar-refractivity contribution in [1.82, 2.24) is 9.55 Å². The third-order valence-electron chi connectivity index (χ3n) is 3.39. The summed E-state index contributed by atoms with van der Waals surface area (Å²) < 4.78 is 18.0. The van der Waals surface area contributed by atoms with Crippen molar-refractivity contribution in [3.05, 3.63) is 54.5 Å². The molecule has 0 unspecified atom stereocenters. The predicted molar refractivity (Wildman–Crippen MR) is 98.2 cm³/mol. The Morgan fingerprint density at radius 3 is 2.81 bits per heavy atom. The first-order valence-electron chi connectivity index (χ1n) is 6.40. The molecular weight excluding hydrogens is 466 g/mol. The number of aryl methyl sites for hydroxylation is 1. The van der Waals surface area contributed by atoms with Gasteiger partial charge in [-0.1, -0.05) is 22.9 Å². The van der Waals surface area contributed by atoms with Gasteiger partial charge in [0, 0.05) is 10.5 Å². The van der Waals surface area contributed by atoms with Gasteiger partial charge in [-0.25, -0.2) is 4.39 Å². The van der Waals surface area contributed by atoms with Gasteiger partial charge in [-0.15, -0.1) is 0 Å². The number of fused-ring (bicyclic) bond motifs is 1. The number of H-pyrrole nitrogens is 1. The van der Waals surface area contributed by atoms with E-state index in [2.05, 4.69) is 33.9 Å². The maximum Gasteiger partial charge on any atom is 0.182 e. The number of halogens is 3. The number of nitrogens with zero attached hydrogens (tertiary/aromatic N) is 1. The Kier molecular flexibility index (Phi) is 4.20. The van der Waals surface area contributed by atoms with Crippen LogP contribution in [-0.2, 0) is 6.42 Å². The van der Waals surface area contributed by atoms with Crippen molar-refractivity contribution in [2.75, 3.05) is 0 Å². The van der Waals surface area contributed by atoms with E-state index in [1.54, 1.807) is 6.07 Å². The van der Waals surface area contributed by atoms with E-state index in [4.69, 9.17) is 12.2 Å². The van der Waals surface area contributed by atoms with Crippen LogP contribution in [0.5, 0.6) is 0 Å². The van der Waals surface area contributed by atoms with Gasteiger partial charge in [-0.2, -0.15) is 0 Å². The summed E-state index contributed by atoms with van der Waals surface area (Å²) in [7, 11) is 0. The van der Waals surface area contributed by atoms with Gasteiger partial charge >= 0.3 is 0 Å². The molecule has 0 spiro atoms. The molecule has 6 heteroatoms. The summed E-state index contributed by atoms with van der Waals surface area (Å²) in [5.41, 5.74) is 3.74. The van der Waals surface area contributed by atoms with Gasteiger partial charge in [-0.3, -0.25) is 4.57 Å². The monoisotopic (exact) mass is 476 g/mol. The molecule has 1 aromatic heterocycles. The normalized spacial score (nSPS) is 11.2. The van der Waals surface area contributed by atoms with Crippen LogP contribution in [-0.4, -0.2) is 9.55 Å². The highest BCUT2D eigenvalue weighted by Crippen LogP contribution is 2.27. The molecule has 0 amide bonds. The number of rotatable bonds is 2. The second-order valence-corrected chi connectivity index (χ2v) is 7.14. The summed E-state index contributed by atoms with van der Waals surface area (Å²) in [5.74, 6) is -0.235. The van der Waals surface area contributed by atoms with E-state index in [1.807, 2.05) is 39.3 Å². The van der Waals surface area contributed by atoms with E-state index in [-0.39, 0.29) is 5.82 Å². The molecule has 0 aliphatic heterocycles. The third-order valence-corrected chi connectivity index (χ3v) is 4.99. The van der Waals surface area contributed by atoms with Gasteiger partial charge in [0.1, 0.15) is 5.82 Å². The fraction of sp³-hybridized carbons (Fsp3) is 0.133. The molecule has 0 saturated carbocycles. The van der Waals surface area contributed by atoms with Crippen LogP contribution >= 0.6 is 50.7 Å². The molecule has 108 valence electrons. The number of aromatic nitrogens is 2. The van der Waals surface area contributed by atoms with Crippen molar-refractivity contribution in [2.24, 2.45) is 0 Å². The quantitative estimate of drug-likeness (QED) is 0.368. The Morgan fingerprint density at radius 2 is 2.10 bits per heavy atom. The molecule has 3 rings (SSSR count). The minimum atomic E-state index is -0.235. The van der Waals surface area contributed by atoms with Gasteiger partial charge in [0.25, 0.3) is 0 Å². The van der Waals surface area contributed by atoms with Gasteiger partial charge in [-0.05, 0) is 71.1 Å². The minimum absolute atomic E-state index is 0.235. The van der Waals surface area contributed by atoms with Crippen LogP contribution in [0.4, 0.5) is 4.39 Å². The lowest BCUT2D eigenvalue weighted by Crippen LogP contribution is -1.99. The summed E-state index contributed by atoms with van der Waals surface area (Å²) in [4.78, 5) is 3.15. The van der Waals surface area contributed by atoms with E-state index >= 15 is 0 Å². The summed E-state index contributed by atoms with van der Waals surface area (Å²) in [6.07, 6.45) is 0.871. The number of hydrogen-bond acceptors (Lipinski definition) is 1. The van der Waals surface area contributed by atoms with E-state index in [9.17, 15) is 4.39 Å². The molecule has 0 fully saturated rings. The van der Waals surface area contributed by atoms with Crippen molar-refractivity contribution in [2.45, 2.75) is 13.3 Å². The molecule has 2 aromatic carbocycles. The third kappa shape index (κ3) is 2.68. The minimum Gasteiger partial charge on any atom is -0.330 e. The van der Waals surface area contributed by atoms with Gasteiger partial charge in [0.2, 0.25) is 0 Å². The molecule has 0 saturated heterocycles. The number of hydrogen-bond donors (Lipinski definition) is 1. The molecule has 0 atom stereocenters. The summed E-state index contributed by atoms with van der Waals surface area (Å²) in [6.45, 7) is 2.09. The topological polar surface area (TPSA) is 20.7 Å². The zero-order valence-corrected chi connectivity index (χ0v) is 15.6. The second-order valence-electron chi connectivity index (χ2n) is 4.68. The van der Waals surface area contributed by atoms with Gasteiger partial charge in [0.05, 0.1) is 20.3 Å². The molecule has 21 heavy (non-hydrogen) atoms. The molecule has 2 nitrogen and oxygen atoms in total. The summed E-state index contributed by atoms with van der Waals surface area (Å²) in [6, 6.07) is 9.35. The zero-order valence-electron chi connectivity index (χ0n) is 11.1. The number of imidazole rings is 1. The summed E-state index contributed by atoms with van der Waals surface area (Å²) >= 11 is 10.9. The van der Waals surface area contributed by atoms with Crippen molar-refractivity contribution in [3.8, 4) is 5.69 Å². The van der Waals surface area contributed by atoms with Crippen LogP contribution in [0, 0.1) is 14.2 Å². The van der Waals surface area contributed by atoms with Crippen LogP contribution < -0.4 is 0 Å². The largest absolute Gasteiger partial charge is 0.330 e. The Hall–Kier alpha value is -0.730. The fourth-order valence-electron chi connectivity index (χ4n) is 2.40. The Labute approximate surface area is 148 Å². The molecule has 0 bridgehead atoms. The van der Waals surface area contributed by atoms with Crippen LogP contribution in [0.15, 0.2) is 34.8 Å². The first kappa shape index (κ1) is 15.2. The maximum absolute atomic E-state index is 13.9. The van der Waals surface area contributed by atoms with Crippen LogP contribution in [0.25, 0.3) is 16.7 Å². The lowest BCUT2D eigenvalue weighted by Gasteiger charge is -2.11. The standard InChI is InChI=1S/C15H11BrFIN2S/c1-2-8-5-9(16)3-4-13(8)20-14-6-10(17)11(18)7-12(14)19-15(20)21/h3-7H,2H2,1H3,(H,19,21). The van der Waals surface area contributed by atoms with E-state index in [1.165, 1.54) is 6.07 Å². The lowest BCUT2D eigenvalue weighted by atomic mass is 10.1. The highest BCUT2D eigenvalue weighted by molar-refractivity contribution is 14.1. The number of aromatic amines is 1. The lowest BCUT2D eigenvalue weighted by molar-refractivity contribution is 0.622. The SMILES string of the molecule is CCc1cc(Br)ccc1-n1c(=S)[nH]c2cc(I)c(F)cc21. The Balaban J connectivity index is 2.38. The molecule has 0 aliphatic rings. The van der Waals surface area contributed by atoms with Gasteiger partial charge < -0.3 is 4.98 Å². The highest BCUT2D eigenvalue weighted by atomic mass is 127. The van der Waals surface area contributed by atoms with Crippen LogP contribution in [0.2, 0.25) is 0 Å². The van der Waals surface area contributed by atoms with Gasteiger partial charge in [0.15, 0.2) is 4.77 Å². The Bertz CT molecular complexity index is 901. The predicted octanol–water partition coefficient (Wildman–Crippen LogP) is 5.76. The molecule has 3 aromatic rings. The van der Waals surface area contributed by atoms with E-state index in [0.717, 1.165) is 33.2 Å². The first-order chi connectivity index (χ1) is 10.0. The Morgan fingerprint density at radius 1 is 1.33 bits per heavy atom. The second kappa shape index (κ2) is 5.81. The maximum atomic E-state index is 13.9. The fourth-order valence-corrected chi connectivity index (χ4v) is 3.58. The van der Waals surface area contributed by atoms with Crippen molar-refractivity contribution in [1.29, 1.82) is 0 Å². The van der Waals surface area contributed by atoms with E-state index < -0.39 is 0 Å². The molecule has 1 N–H and O–H groups in total. The highest BCUT2D eigenvalue weighted by Gasteiger charge is 2.12. The molecule has 1 heterocycles. The number of benzene rings is 2. The van der Waals surface area contributed by atoms with Crippen molar-refractivity contribution in [3.63, 3.8) is 0 Å². The zero-order chi connectivity index (χ0) is 15.1. The smallest absolute Gasteiger partial charge is 0.182 e. The number of nitrogens with one attached hydrogen (secondary N) is 1. The van der Waals surface area contributed by atoms with E-state index in [0.29, 0.717) is 8.34 Å². The van der Waals surface area contributed by atoms with Crippen molar-refractivity contribution >= 4 is 61.8 Å². The van der Waals surface area contributed by atoms with Crippen LogP contribution in [0.1, 0.15) is 12.5 Å². The first-order valence-corrected chi connectivity index (χ1v) is 8.68. The summed E-state index contributed by atoms with van der Waals surface area (Å²) in [5, 5.41) is 0. The molecular formula is C15H11BrFIN2S. The molecule has 0 radical (unpaired) electrons. The average molecular weight is 477 g/mol. The van der Waals surface area contributed by atoms with Crippen molar-refractivity contribution < 1.29 is 4.39 Å².